The predicted octanol–water partition coefficient (Wildman–Crippen LogP) is -20.2. The van der Waals surface area contributed by atoms with Gasteiger partial charge >= 0.3 is 148 Å². The molecule has 0 heterocycles. The number of carbonyl (C=O) groups is 1. The summed E-state index contributed by atoms with van der Waals surface area (Å²) in [5.74, 6) is -1.44. The number of aliphatic hydroxyl groups is 1. The van der Waals surface area contributed by atoms with Gasteiger partial charge < -0.3 is 52.2 Å². The molecule has 0 aromatic carbocycles. The maximum Gasteiger partial charge on any atom is 2.00 e. The van der Waals surface area contributed by atoms with E-state index in [2.05, 4.69) is 0 Å². The molecule has 1 N–H and O–H groups in total. The summed E-state index contributed by atoms with van der Waals surface area (Å²) in [6.07, 6.45) is -1.34. The summed E-state index contributed by atoms with van der Waals surface area (Å²) < 4.78 is 0. The molecule has 10 heteroatoms. The fourth-order valence-electron chi connectivity index (χ4n) is 0. The smallest absolute Gasteiger partial charge is 1.00 e. The molecule has 0 spiro atoms. The van der Waals surface area contributed by atoms with Gasteiger partial charge in [0.2, 0.25) is 0 Å². The second kappa shape index (κ2) is 36.0. The number of halogens is 3. The molecule has 1 atom stereocenters. The van der Waals surface area contributed by atoms with Gasteiger partial charge in [0.05, 0.1) is 12.1 Å². The van der Waals surface area contributed by atoms with Crippen LogP contribution in [-0.4, -0.2) is 54.9 Å². The quantitative estimate of drug-likeness (QED) is 0.488. The number of carboxylic acid groups (broad SMARTS) is 1. The van der Waals surface area contributed by atoms with Gasteiger partial charge in [-0.1, -0.05) is 0 Å². The number of hydrogen-bond acceptors (Lipinski definition) is 3. The Kier molecular flexibility index (Phi) is 143. The first-order valence-electron chi connectivity index (χ1n) is 1.53. The summed E-state index contributed by atoms with van der Waals surface area (Å²) in [5.41, 5.74) is 0. The Morgan fingerprint density at radius 1 is 1.23 bits per heavy atom. The van der Waals surface area contributed by atoms with Gasteiger partial charge in [-0.3, -0.25) is 0 Å². The van der Waals surface area contributed by atoms with Gasteiger partial charge in [-0.05, 0) is 6.92 Å². The molecule has 0 radical (unpaired) electrons. The molecule has 0 saturated carbocycles. The summed E-state index contributed by atoms with van der Waals surface area (Å²) in [4.78, 5) is 9.34. The number of carbonyl (C=O) groups excluding carboxylic acids is 1. The Labute approximate surface area is 214 Å². The number of aliphatic hydroxyl groups excluding tert-OH is 1. The minimum atomic E-state index is -1.44. The van der Waals surface area contributed by atoms with Gasteiger partial charge in [0.25, 0.3) is 0 Å². The van der Waals surface area contributed by atoms with Crippen molar-refractivity contribution in [1.82, 2.24) is 0 Å². The van der Waals surface area contributed by atoms with Crippen LogP contribution in [0.15, 0.2) is 0 Å². The first-order valence-corrected chi connectivity index (χ1v) is 1.53. The zero-order valence-corrected chi connectivity index (χ0v) is 19.8. The van der Waals surface area contributed by atoms with Crippen LogP contribution >= 0.6 is 0 Å². The first-order chi connectivity index (χ1) is 2.64. The van der Waals surface area contributed by atoms with Crippen molar-refractivity contribution in [3.8, 4) is 0 Å². The molecule has 3 nitrogen and oxygen atoms in total. The zero-order chi connectivity index (χ0) is 5.15. The molecule has 0 aromatic heterocycles. The van der Waals surface area contributed by atoms with E-state index in [-0.39, 0.29) is 185 Å². The molecule has 0 aromatic rings. The van der Waals surface area contributed by atoms with Crippen molar-refractivity contribution in [2.24, 2.45) is 0 Å². The van der Waals surface area contributed by atoms with E-state index in [0.717, 1.165) is 6.92 Å². The van der Waals surface area contributed by atoms with Gasteiger partial charge in [0.1, 0.15) is 0 Å². The summed E-state index contributed by atoms with van der Waals surface area (Å²) in [6, 6.07) is 0. The topological polar surface area (TPSA) is 60.4 Å². The van der Waals surface area contributed by atoms with Crippen LogP contribution in [0.5, 0.6) is 0 Å². The molecule has 0 aliphatic carbocycles. The molecule has 0 saturated heterocycles. The Balaban J connectivity index is -0.00000000595. The Morgan fingerprint density at radius 3 is 1.31 bits per heavy atom. The third-order valence-electron chi connectivity index (χ3n) is 0.341. The molecule has 60 valence electrons. The van der Waals surface area contributed by atoms with Crippen molar-refractivity contribution < 1.29 is 163 Å². The van der Waals surface area contributed by atoms with Gasteiger partial charge in [0, 0.05) is 0 Å². The average molecular weight is 321 g/mol. The predicted molar refractivity (Wildman–Crippen MR) is 22.4 cm³/mol. The molecule has 0 bridgehead atoms. The van der Waals surface area contributed by atoms with E-state index in [0.29, 0.717) is 0 Å². The molecule has 0 amide bonds. The SMILES string of the molecule is CC(O)C(=O)[O-].[Ca+2].[Cl-].[Cl-].[Cl-].[K+].[Na+].[Na+]. The summed E-state index contributed by atoms with van der Waals surface area (Å²) in [5, 5.41) is 17.3. The van der Waals surface area contributed by atoms with Crippen LogP contribution in [0.1, 0.15) is 6.92 Å². The Morgan fingerprint density at radius 2 is 1.31 bits per heavy atom. The van der Waals surface area contributed by atoms with Crippen LogP contribution in [0.25, 0.3) is 0 Å². The van der Waals surface area contributed by atoms with Crippen molar-refractivity contribution in [2.75, 3.05) is 0 Å². The van der Waals surface area contributed by atoms with Crippen molar-refractivity contribution >= 4 is 43.7 Å². The number of aliphatic carboxylic acids is 1. The van der Waals surface area contributed by atoms with E-state index < -0.39 is 12.1 Å². The molecule has 0 fully saturated rings. The van der Waals surface area contributed by atoms with Gasteiger partial charge in [-0.15, -0.1) is 0 Å². The van der Waals surface area contributed by atoms with Crippen LogP contribution in [-0.2, 0) is 4.79 Å². The van der Waals surface area contributed by atoms with Gasteiger partial charge in [-0.2, -0.15) is 0 Å². The maximum absolute atomic E-state index is 9.34. The summed E-state index contributed by atoms with van der Waals surface area (Å²) in [6.45, 7) is 1.13. The van der Waals surface area contributed by atoms with Crippen molar-refractivity contribution in [3.63, 3.8) is 0 Å². The van der Waals surface area contributed by atoms with E-state index in [1.807, 2.05) is 0 Å². The maximum atomic E-state index is 9.34. The van der Waals surface area contributed by atoms with Crippen LogP contribution in [0.4, 0.5) is 0 Å². The second-order valence-electron chi connectivity index (χ2n) is 0.995. The summed E-state index contributed by atoms with van der Waals surface area (Å²) >= 11 is 0. The van der Waals surface area contributed by atoms with Crippen molar-refractivity contribution in [2.45, 2.75) is 13.0 Å². The largest absolute Gasteiger partial charge is 2.00 e. The van der Waals surface area contributed by atoms with E-state index >= 15 is 0 Å². The second-order valence-corrected chi connectivity index (χ2v) is 0.995. The molecular weight excluding hydrogens is 316 g/mol. The minimum absolute atomic E-state index is 0. The van der Waals surface area contributed by atoms with Crippen LogP contribution in [0.3, 0.4) is 0 Å². The van der Waals surface area contributed by atoms with Crippen molar-refractivity contribution in [3.05, 3.63) is 0 Å². The zero-order valence-electron chi connectivity index (χ0n) is 8.18. The van der Waals surface area contributed by atoms with Crippen LogP contribution < -0.4 is 153 Å². The monoisotopic (exact) mass is 319 g/mol. The molecule has 0 rings (SSSR count). The Bertz CT molecular complexity index is 82.9. The fraction of sp³-hybridized carbons (Fsp3) is 0.667. The number of rotatable bonds is 1. The normalized spacial score (nSPS) is 6.31. The van der Waals surface area contributed by atoms with Crippen LogP contribution in [0, 0.1) is 0 Å². The van der Waals surface area contributed by atoms with E-state index in [1.54, 1.807) is 0 Å². The van der Waals surface area contributed by atoms with E-state index in [4.69, 9.17) is 5.11 Å². The molecule has 0 aliphatic heterocycles. The first kappa shape index (κ1) is 51.8. The summed E-state index contributed by atoms with van der Waals surface area (Å²) in [7, 11) is 0. The number of carboxylic acids is 1. The molecular formula is C3H5CaCl3KNa2O3+. The van der Waals surface area contributed by atoms with Crippen molar-refractivity contribution in [1.29, 1.82) is 0 Å². The standard InChI is InChI=1S/C3H6O3.Ca.3ClH.K.2Na/c1-2(4)3(5)6;;;;;;;/h2,4H,1H3,(H,5,6);;3*1H;;;/q;+2;;;;3*+1/p-4. The fourth-order valence-corrected chi connectivity index (χ4v) is 0. The molecule has 13 heavy (non-hydrogen) atoms. The minimum Gasteiger partial charge on any atom is -1.00 e. The van der Waals surface area contributed by atoms with Gasteiger partial charge in [0.15, 0.2) is 0 Å². The third-order valence-corrected chi connectivity index (χ3v) is 0.341. The van der Waals surface area contributed by atoms with E-state index in [1.165, 1.54) is 0 Å². The number of hydrogen-bond donors (Lipinski definition) is 1. The van der Waals surface area contributed by atoms with Gasteiger partial charge in [-0.25, -0.2) is 0 Å². The average Bonchev–Trinajstić information content (AvgIpc) is 1.36. The van der Waals surface area contributed by atoms with Crippen LogP contribution in [0.2, 0.25) is 0 Å². The molecule has 0 aliphatic rings. The third kappa shape index (κ3) is 47.0. The van der Waals surface area contributed by atoms with E-state index in [9.17, 15) is 9.90 Å². The molecule has 1 unspecified atom stereocenters. The Hall–Kier alpha value is 5.20.